The molecule has 0 radical (unpaired) electrons. The maximum Gasteiger partial charge on any atom is 0.350 e. The van der Waals surface area contributed by atoms with E-state index in [1.165, 1.54) is 30.0 Å². The molecule has 0 fully saturated rings. The largest absolute Gasteiger partial charge is 0.461 e. The van der Waals surface area contributed by atoms with Crippen LogP contribution in [0.2, 0.25) is 0 Å². The molecule has 1 rings (SSSR count). The summed E-state index contributed by atoms with van der Waals surface area (Å²) in [7, 11) is 0. The molecule has 0 bridgehead atoms. The van der Waals surface area contributed by atoms with E-state index in [0.717, 1.165) is 12.8 Å². The van der Waals surface area contributed by atoms with Crippen molar-refractivity contribution in [1.29, 1.82) is 5.26 Å². The highest BCUT2D eigenvalue weighted by molar-refractivity contribution is 8.00. The molecule has 0 unspecified atom stereocenters. The Balaban J connectivity index is 3.10. The fourth-order valence-electron chi connectivity index (χ4n) is 1.47. The lowest BCUT2D eigenvalue weighted by Crippen LogP contribution is -2.12. The van der Waals surface area contributed by atoms with Gasteiger partial charge in [0.05, 0.1) is 16.5 Å². The lowest BCUT2D eigenvalue weighted by Gasteiger charge is -2.05. The molecule has 0 aliphatic heterocycles. The van der Waals surface area contributed by atoms with Crippen molar-refractivity contribution in [3.8, 4) is 6.07 Å². The monoisotopic (exact) mass is 312 g/mol. The summed E-state index contributed by atoms with van der Waals surface area (Å²) in [5.74, 6) is -0.821. The van der Waals surface area contributed by atoms with Gasteiger partial charge in [0, 0.05) is 6.92 Å². The molecule has 1 N–H and O–H groups in total. The van der Waals surface area contributed by atoms with Crippen LogP contribution in [0.4, 0.5) is 5.69 Å². The third-order valence-electron chi connectivity index (χ3n) is 2.39. The van der Waals surface area contributed by atoms with Gasteiger partial charge in [-0.15, -0.1) is 23.1 Å². The number of unbranched alkanes of at least 4 members (excludes halogenated alkanes) is 1. The number of esters is 1. The molecular formula is C13H16N2O3S2. The smallest absolute Gasteiger partial charge is 0.350 e. The summed E-state index contributed by atoms with van der Waals surface area (Å²) >= 11 is 2.53. The Morgan fingerprint density at radius 2 is 2.20 bits per heavy atom. The lowest BCUT2D eigenvalue weighted by molar-refractivity contribution is -0.114. The number of amides is 1. The van der Waals surface area contributed by atoms with Crippen LogP contribution < -0.4 is 5.32 Å². The first-order valence-corrected chi connectivity index (χ1v) is 8.14. The predicted octanol–water partition coefficient (Wildman–Crippen LogP) is 3.26. The number of nitriles is 1. The average molecular weight is 312 g/mol. The zero-order valence-electron chi connectivity index (χ0n) is 11.6. The van der Waals surface area contributed by atoms with Crippen LogP contribution in [0.15, 0.2) is 4.21 Å². The van der Waals surface area contributed by atoms with E-state index in [9.17, 15) is 14.9 Å². The van der Waals surface area contributed by atoms with Crippen LogP contribution in [-0.4, -0.2) is 24.7 Å². The third kappa shape index (κ3) is 3.99. The summed E-state index contributed by atoms with van der Waals surface area (Å²) in [5, 5.41) is 11.7. The van der Waals surface area contributed by atoms with E-state index >= 15 is 0 Å². The summed E-state index contributed by atoms with van der Waals surface area (Å²) in [6.45, 7) is 3.67. The van der Waals surface area contributed by atoms with Crippen LogP contribution in [-0.2, 0) is 9.53 Å². The molecule has 20 heavy (non-hydrogen) atoms. The van der Waals surface area contributed by atoms with Crippen molar-refractivity contribution in [3.05, 3.63) is 10.4 Å². The van der Waals surface area contributed by atoms with Gasteiger partial charge in [0.15, 0.2) is 0 Å². The van der Waals surface area contributed by atoms with Crippen molar-refractivity contribution in [2.24, 2.45) is 0 Å². The van der Waals surface area contributed by atoms with Crippen LogP contribution >= 0.6 is 23.1 Å². The number of thiophene rings is 1. The Morgan fingerprint density at radius 3 is 2.70 bits per heavy atom. The highest BCUT2D eigenvalue weighted by atomic mass is 32.2. The topological polar surface area (TPSA) is 79.2 Å². The van der Waals surface area contributed by atoms with Crippen molar-refractivity contribution >= 4 is 40.7 Å². The molecule has 1 amide bonds. The zero-order chi connectivity index (χ0) is 15.1. The lowest BCUT2D eigenvalue weighted by atomic mass is 10.2. The maximum atomic E-state index is 12.0. The predicted molar refractivity (Wildman–Crippen MR) is 80.3 cm³/mol. The van der Waals surface area contributed by atoms with Gasteiger partial charge in [-0.2, -0.15) is 5.26 Å². The number of ether oxygens (including phenoxy) is 1. The van der Waals surface area contributed by atoms with Gasteiger partial charge in [-0.1, -0.05) is 13.3 Å². The molecule has 7 heteroatoms. The van der Waals surface area contributed by atoms with E-state index in [4.69, 9.17) is 4.74 Å². The van der Waals surface area contributed by atoms with Crippen LogP contribution in [0.25, 0.3) is 0 Å². The molecule has 0 aliphatic rings. The van der Waals surface area contributed by atoms with Crippen molar-refractivity contribution in [2.75, 3.05) is 18.2 Å². The number of nitrogens with one attached hydrogen (secondary N) is 1. The third-order valence-corrected chi connectivity index (χ3v) is 4.68. The van der Waals surface area contributed by atoms with Gasteiger partial charge < -0.3 is 10.1 Å². The van der Waals surface area contributed by atoms with Gasteiger partial charge in [0.25, 0.3) is 0 Å². The standard InChI is InChI=1S/C13H16N2O3S2/c1-4-5-6-18-12(17)11-10(15-8(2)16)9(7-14)13(19-3)20-11/h4-6H2,1-3H3,(H,15,16). The zero-order valence-corrected chi connectivity index (χ0v) is 13.2. The van der Waals surface area contributed by atoms with Gasteiger partial charge in [-0.3, -0.25) is 4.79 Å². The number of anilines is 1. The Kier molecular flexibility index (Phi) is 6.55. The Bertz CT molecular complexity index is 547. The highest BCUT2D eigenvalue weighted by Gasteiger charge is 2.24. The van der Waals surface area contributed by atoms with Gasteiger partial charge in [0.2, 0.25) is 5.91 Å². The maximum absolute atomic E-state index is 12.0. The van der Waals surface area contributed by atoms with Crippen molar-refractivity contribution in [3.63, 3.8) is 0 Å². The van der Waals surface area contributed by atoms with Gasteiger partial charge in [-0.25, -0.2) is 4.79 Å². The normalized spacial score (nSPS) is 9.90. The number of carbonyl (C=O) groups excluding carboxylic acids is 2. The Labute approximate surface area is 126 Å². The molecule has 5 nitrogen and oxygen atoms in total. The first kappa shape index (κ1) is 16.5. The summed E-state index contributed by atoms with van der Waals surface area (Å²) < 4.78 is 5.84. The van der Waals surface area contributed by atoms with Crippen LogP contribution in [0.1, 0.15) is 41.9 Å². The van der Waals surface area contributed by atoms with E-state index in [1.807, 2.05) is 19.2 Å². The van der Waals surface area contributed by atoms with Crippen LogP contribution in [0.3, 0.4) is 0 Å². The first-order chi connectivity index (χ1) is 9.54. The fourth-order valence-corrected chi connectivity index (χ4v) is 3.24. The fraction of sp³-hybridized carbons (Fsp3) is 0.462. The van der Waals surface area contributed by atoms with Crippen molar-refractivity contribution in [1.82, 2.24) is 0 Å². The second kappa shape index (κ2) is 7.92. The van der Waals surface area contributed by atoms with Gasteiger partial charge >= 0.3 is 5.97 Å². The molecule has 0 atom stereocenters. The molecule has 1 heterocycles. The second-order valence-electron chi connectivity index (χ2n) is 3.96. The molecule has 0 saturated heterocycles. The summed E-state index contributed by atoms with van der Waals surface area (Å²) in [5.41, 5.74) is 0.580. The minimum absolute atomic E-state index is 0.260. The van der Waals surface area contributed by atoms with E-state index < -0.39 is 5.97 Å². The average Bonchev–Trinajstić information content (AvgIpc) is 2.75. The number of nitrogens with zero attached hydrogens (tertiary/aromatic N) is 1. The quantitative estimate of drug-likeness (QED) is 0.495. The molecule has 1 aromatic rings. The minimum atomic E-state index is -0.496. The summed E-state index contributed by atoms with van der Waals surface area (Å²) in [4.78, 5) is 23.6. The molecule has 0 saturated carbocycles. The number of hydrogen-bond donors (Lipinski definition) is 1. The molecule has 1 aromatic heterocycles. The minimum Gasteiger partial charge on any atom is -0.461 e. The first-order valence-electron chi connectivity index (χ1n) is 6.10. The summed E-state index contributed by atoms with van der Waals surface area (Å²) in [6, 6.07) is 2.03. The van der Waals surface area contributed by atoms with E-state index in [-0.39, 0.29) is 16.5 Å². The number of thioether (sulfide) groups is 1. The molecular weight excluding hydrogens is 296 g/mol. The van der Waals surface area contributed by atoms with Crippen LogP contribution in [0.5, 0.6) is 0 Å². The highest BCUT2D eigenvalue weighted by Crippen LogP contribution is 2.38. The Morgan fingerprint density at radius 1 is 1.50 bits per heavy atom. The van der Waals surface area contributed by atoms with Crippen LogP contribution in [0, 0.1) is 11.3 Å². The molecule has 108 valence electrons. The molecule has 0 spiro atoms. The van der Waals surface area contributed by atoms with E-state index in [2.05, 4.69) is 5.32 Å². The van der Waals surface area contributed by atoms with Gasteiger partial charge in [0.1, 0.15) is 16.5 Å². The van der Waals surface area contributed by atoms with E-state index in [1.54, 1.807) is 0 Å². The van der Waals surface area contributed by atoms with Crippen molar-refractivity contribution < 1.29 is 14.3 Å². The second-order valence-corrected chi connectivity index (χ2v) is 6.05. The van der Waals surface area contributed by atoms with Crippen molar-refractivity contribution in [2.45, 2.75) is 30.9 Å². The van der Waals surface area contributed by atoms with Gasteiger partial charge in [-0.05, 0) is 12.7 Å². The van der Waals surface area contributed by atoms with E-state index in [0.29, 0.717) is 16.4 Å². The SMILES string of the molecule is CCCCOC(=O)c1sc(SC)c(C#N)c1NC(C)=O. The summed E-state index contributed by atoms with van der Waals surface area (Å²) in [6.07, 6.45) is 3.53. The Hall–Kier alpha value is -1.52. The molecule has 0 aliphatic carbocycles. The number of carbonyl (C=O) groups is 2. The number of hydrogen-bond acceptors (Lipinski definition) is 6. The number of rotatable bonds is 6. The molecule has 0 aromatic carbocycles.